The summed E-state index contributed by atoms with van der Waals surface area (Å²) < 4.78 is 41.4. The smallest absolute Gasteiger partial charge is 0.438 e. The van der Waals surface area contributed by atoms with Gasteiger partial charge < -0.3 is 10.2 Å². The molecule has 0 bridgehead atoms. The molecule has 4 rings (SSSR count). The zero-order valence-electron chi connectivity index (χ0n) is 15.7. The van der Waals surface area contributed by atoms with E-state index in [1.807, 2.05) is 0 Å². The number of phenols is 1. The third kappa shape index (κ3) is 4.16. The number of alkyl halides is 3. The topological polar surface area (TPSA) is 69.0 Å². The van der Waals surface area contributed by atoms with E-state index in [1.165, 1.54) is 18.2 Å². The summed E-state index contributed by atoms with van der Waals surface area (Å²) in [7, 11) is 0. The molecule has 0 fully saturated rings. The van der Waals surface area contributed by atoms with Crippen LogP contribution in [0.15, 0.2) is 65.1 Å². The van der Waals surface area contributed by atoms with Crippen LogP contribution in [0.4, 0.5) is 18.3 Å². The van der Waals surface area contributed by atoms with E-state index in [-0.39, 0.29) is 16.6 Å². The summed E-state index contributed by atoms with van der Waals surface area (Å²) in [6.45, 7) is 0. The molecule has 2 heterocycles. The van der Waals surface area contributed by atoms with E-state index in [0.717, 1.165) is 11.3 Å². The van der Waals surface area contributed by atoms with Crippen LogP contribution in [0.25, 0.3) is 17.3 Å². The fraction of sp³-hybridized carbons (Fsp3) is 0.143. The number of hydrazone groups is 1. The van der Waals surface area contributed by atoms with Crippen molar-refractivity contribution in [2.45, 2.75) is 18.3 Å². The Hall–Kier alpha value is -2.88. The van der Waals surface area contributed by atoms with E-state index >= 15 is 0 Å². The van der Waals surface area contributed by atoms with Crippen molar-refractivity contribution >= 4 is 39.9 Å². The standard InChI is InChI=1S/C21H15ClF3N3O2S/c22-15-8-5-13(6-9-15)17-12-31-19(26-17)28-20(30,21(23,24)25)11-16(27-28)10-7-14-3-1-2-4-18(14)29/h1-10,12,29-30H,11H2/b10-7+. The van der Waals surface area contributed by atoms with Gasteiger partial charge in [0.25, 0.3) is 5.72 Å². The molecule has 1 aromatic heterocycles. The minimum atomic E-state index is -4.98. The van der Waals surface area contributed by atoms with E-state index in [9.17, 15) is 23.4 Å². The second-order valence-electron chi connectivity index (χ2n) is 6.81. The lowest BCUT2D eigenvalue weighted by Gasteiger charge is -2.32. The largest absolute Gasteiger partial charge is 0.507 e. The number of thiazole rings is 1. The van der Waals surface area contributed by atoms with E-state index in [0.29, 0.717) is 26.9 Å². The van der Waals surface area contributed by atoms with Gasteiger partial charge in [0.15, 0.2) is 0 Å². The molecule has 1 aliphatic rings. The van der Waals surface area contributed by atoms with Gasteiger partial charge in [-0.2, -0.15) is 23.3 Å². The number of para-hydroxylation sites is 1. The quantitative estimate of drug-likeness (QED) is 0.518. The van der Waals surface area contributed by atoms with Crippen molar-refractivity contribution in [2.75, 3.05) is 5.01 Å². The zero-order valence-corrected chi connectivity index (χ0v) is 17.3. The number of halogens is 4. The number of aromatic hydroxyl groups is 1. The van der Waals surface area contributed by atoms with Crippen molar-refractivity contribution in [3.05, 3.63) is 70.6 Å². The van der Waals surface area contributed by atoms with Crippen LogP contribution in [0.5, 0.6) is 5.75 Å². The first-order valence-corrected chi connectivity index (χ1v) is 10.3. The molecule has 10 heteroatoms. The van der Waals surface area contributed by atoms with Crippen molar-refractivity contribution in [2.24, 2.45) is 5.10 Å². The van der Waals surface area contributed by atoms with Crippen LogP contribution in [-0.2, 0) is 0 Å². The van der Waals surface area contributed by atoms with Gasteiger partial charge in [-0.25, -0.2) is 4.98 Å². The summed E-state index contributed by atoms with van der Waals surface area (Å²) in [6, 6.07) is 13.1. The summed E-state index contributed by atoms with van der Waals surface area (Å²) in [4.78, 5) is 4.24. The summed E-state index contributed by atoms with van der Waals surface area (Å²) in [5.74, 6) is -0.0205. The first kappa shape index (κ1) is 21.4. The maximum Gasteiger partial charge on any atom is 0.438 e. The molecule has 160 valence electrons. The maximum atomic E-state index is 13.8. The Balaban J connectivity index is 1.68. The molecule has 0 spiro atoms. The molecule has 1 aliphatic heterocycles. The highest BCUT2D eigenvalue weighted by Crippen LogP contribution is 2.44. The first-order chi connectivity index (χ1) is 14.7. The average molecular weight is 466 g/mol. The molecule has 1 atom stereocenters. The second-order valence-corrected chi connectivity index (χ2v) is 8.08. The van der Waals surface area contributed by atoms with Crippen molar-refractivity contribution in [3.63, 3.8) is 0 Å². The Bertz CT molecular complexity index is 1160. The molecule has 0 aliphatic carbocycles. The lowest BCUT2D eigenvalue weighted by atomic mass is 10.1. The van der Waals surface area contributed by atoms with Crippen molar-refractivity contribution in [1.82, 2.24) is 4.98 Å². The number of benzene rings is 2. The molecule has 2 N–H and O–H groups in total. The van der Waals surface area contributed by atoms with E-state index in [2.05, 4.69) is 10.1 Å². The van der Waals surface area contributed by atoms with Gasteiger partial charge in [0.1, 0.15) is 5.75 Å². The van der Waals surface area contributed by atoms with Gasteiger partial charge in [-0.3, -0.25) is 0 Å². The zero-order chi connectivity index (χ0) is 22.2. The number of anilines is 1. The van der Waals surface area contributed by atoms with E-state index in [4.69, 9.17) is 11.6 Å². The van der Waals surface area contributed by atoms with Crippen LogP contribution < -0.4 is 5.01 Å². The SMILES string of the molecule is Oc1ccccc1/C=C/C1=NN(c2nc(-c3ccc(Cl)cc3)cs2)C(O)(C(F)(F)F)C1. The number of nitrogens with zero attached hydrogens (tertiary/aromatic N) is 3. The third-order valence-corrected chi connectivity index (χ3v) is 5.73. The Morgan fingerprint density at radius 1 is 1.10 bits per heavy atom. The summed E-state index contributed by atoms with van der Waals surface area (Å²) in [6.07, 6.45) is -2.99. The minimum absolute atomic E-state index is 0.00804. The predicted molar refractivity (Wildman–Crippen MR) is 115 cm³/mol. The van der Waals surface area contributed by atoms with Gasteiger partial charge >= 0.3 is 6.18 Å². The van der Waals surface area contributed by atoms with E-state index < -0.39 is 18.3 Å². The lowest BCUT2D eigenvalue weighted by Crippen LogP contribution is -2.55. The lowest BCUT2D eigenvalue weighted by molar-refractivity contribution is -0.254. The number of rotatable bonds is 4. The number of phenolic OH excluding ortho intramolecular Hbond substituents is 1. The first-order valence-electron chi connectivity index (χ1n) is 9.02. The van der Waals surface area contributed by atoms with E-state index in [1.54, 1.807) is 47.8 Å². The number of allylic oxidation sites excluding steroid dienone is 1. The molecule has 31 heavy (non-hydrogen) atoms. The normalized spacial score (nSPS) is 19.3. The average Bonchev–Trinajstić information content (AvgIpc) is 3.33. The molecule has 0 saturated heterocycles. The number of hydrogen-bond acceptors (Lipinski definition) is 6. The Morgan fingerprint density at radius 2 is 1.81 bits per heavy atom. The number of aliphatic hydroxyl groups is 1. The van der Waals surface area contributed by atoms with Gasteiger partial charge in [-0.05, 0) is 30.4 Å². The number of aromatic nitrogens is 1. The predicted octanol–water partition coefficient (Wildman–Crippen LogP) is 5.70. The minimum Gasteiger partial charge on any atom is -0.507 e. The molecule has 2 aromatic carbocycles. The van der Waals surface area contributed by atoms with Crippen molar-refractivity contribution < 1.29 is 23.4 Å². The fourth-order valence-electron chi connectivity index (χ4n) is 3.02. The van der Waals surface area contributed by atoms with Gasteiger partial charge in [0.05, 0.1) is 17.8 Å². The molecule has 0 saturated carbocycles. The van der Waals surface area contributed by atoms with Gasteiger partial charge in [-0.1, -0.05) is 41.9 Å². The summed E-state index contributed by atoms with van der Waals surface area (Å²) in [5.41, 5.74) is -1.72. The summed E-state index contributed by atoms with van der Waals surface area (Å²) in [5, 5.41) is 26.8. The molecule has 1 unspecified atom stereocenters. The number of hydrogen-bond donors (Lipinski definition) is 2. The second kappa shape index (κ2) is 7.99. The van der Waals surface area contributed by atoms with Gasteiger partial charge in [0.2, 0.25) is 5.13 Å². The van der Waals surface area contributed by atoms with Crippen LogP contribution in [0.1, 0.15) is 12.0 Å². The Morgan fingerprint density at radius 3 is 2.48 bits per heavy atom. The molecular formula is C21H15ClF3N3O2S. The Labute approximate surface area is 184 Å². The van der Waals surface area contributed by atoms with Crippen LogP contribution >= 0.6 is 22.9 Å². The monoisotopic (exact) mass is 465 g/mol. The highest BCUT2D eigenvalue weighted by Gasteiger charge is 2.62. The summed E-state index contributed by atoms with van der Waals surface area (Å²) >= 11 is 6.81. The molecule has 5 nitrogen and oxygen atoms in total. The van der Waals surface area contributed by atoms with Crippen LogP contribution in [0.3, 0.4) is 0 Å². The van der Waals surface area contributed by atoms with Crippen LogP contribution in [0, 0.1) is 0 Å². The highest BCUT2D eigenvalue weighted by molar-refractivity contribution is 7.14. The third-order valence-electron chi connectivity index (χ3n) is 4.67. The fourth-order valence-corrected chi connectivity index (χ4v) is 3.99. The highest BCUT2D eigenvalue weighted by atomic mass is 35.5. The molecule has 0 radical (unpaired) electrons. The molecular weight excluding hydrogens is 451 g/mol. The Kier molecular flexibility index (Phi) is 5.50. The molecule has 0 amide bonds. The van der Waals surface area contributed by atoms with Gasteiger partial charge in [-0.15, -0.1) is 11.3 Å². The van der Waals surface area contributed by atoms with Gasteiger partial charge in [0, 0.05) is 21.5 Å². The van der Waals surface area contributed by atoms with Crippen LogP contribution in [-0.4, -0.2) is 32.8 Å². The maximum absolute atomic E-state index is 13.8. The van der Waals surface area contributed by atoms with Crippen molar-refractivity contribution in [1.29, 1.82) is 0 Å². The molecule has 3 aromatic rings. The van der Waals surface area contributed by atoms with Crippen LogP contribution in [0.2, 0.25) is 5.02 Å². The van der Waals surface area contributed by atoms with Crippen molar-refractivity contribution in [3.8, 4) is 17.0 Å².